The molecule has 2 rings (SSSR count). The van der Waals surface area contributed by atoms with Crippen LogP contribution in [0.25, 0.3) is 11.0 Å². The predicted molar refractivity (Wildman–Crippen MR) is 82.2 cm³/mol. The van der Waals surface area contributed by atoms with Crippen LogP contribution < -0.4 is 11.1 Å². The van der Waals surface area contributed by atoms with Gasteiger partial charge in [-0.1, -0.05) is 15.9 Å². The third-order valence-corrected chi connectivity index (χ3v) is 3.72. The molecule has 102 valence electrons. The molecule has 0 aliphatic carbocycles. The number of nitrogens with two attached hydrogens (primary N) is 1. The molecule has 0 radical (unpaired) electrons. The second kappa shape index (κ2) is 6.54. The minimum Gasteiger partial charge on any atom is -0.450 e. The Morgan fingerprint density at radius 2 is 2.05 bits per heavy atom. The summed E-state index contributed by atoms with van der Waals surface area (Å²) < 4.78 is 7.32. The first kappa shape index (κ1) is 14.6. The van der Waals surface area contributed by atoms with Crippen LogP contribution in [0.3, 0.4) is 0 Å². The van der Waals surface area contributed by atoms with E-state index in [1.165, 1.54) is 0 Å². The van der Waals surface area contributed by atoms with Crippen molar-refractivity contribution in [1.82, 2.24) is 5.32 Å². The summed E-state index contributed by atoms with van der Waals surface area (Å²) in [5.74, 6) is 0.123. The van der Waals surface area contributed by atoms with Gasteiger partial charge < -0.3 is 15.5 Å². The Balaban J connectivity index is 2.12. The number of benzene rings is 1. The fourth-order valence-corrected chi connectivity index (χ4v) is 3.09. The summed E-state index contributed by atoms with van der Waals surface area (Å²) in [4.78, 5) is 11.9. The summed E-state index contributed by atoms with van der Waals surface area (Å²) >= 11 is 6.82. The largest absolute Gasteiger partial charge is 0.450 e. The van der Waals surface area contributed by atoms with Gasteiger partial charge in [0.15, 0.2) is 5.76 Å². The lowest BCUT2D eigenvalue weighted by Gasteiger charge is -2.01. The molecule has 1 aromatic heterocycles. The fourth-order valence-electron chi connectivity index (χ4n) is 1.75. The number of hydrogen-bond donors (Lipinski definition) is 2. The molecule has 19 heavy (non-hydrogen) atoms. The number of rotatable bonds is 5. The van der Waals surface area contributed by atoms with Crippen LogP contribution in [-0.2, 0) is 0 Å². The number of carbonyl (C=O) groups excluding carboxylic acids is 1. The zero-order valence-corrected chi connectivity index (χ0v) is 13.4. The summed E-state index contributed by atoms with van der Waals surface area (Å²) in [6.07, 6.45) is 1.77. The van der Waals surface area contributed by atoms with Gasteiger partial charge in [-0.15, -0.1) is 0 Å². The van der Waals surface area contributed by atoms with E-state index in [2.05, 4.69) is 37.2 Å². The van der Waals surface area contributed by atoms with Gasteiger partial charge in [0.1, 0.15) is 5.58 Å². The van der Waals surface area contributed by atoms with E-state index in [1.54, 1.807) is 6.07 Å². The Labute approximate surface area is 128 Å². The van der Waals surface area contributed by atoms with Crippen molar-refractivity contribution in [2.45, 2.75) is 12.8 Å². The van der Waals surface area contributed by atoms with Crippen molar-refractivity contribution >= 4 is 48.7 Å². The third-order valence-electron chi connectivity index (χ3n) is 2.68. The molecule has 0 atom stereocenters. The molecule has 3 N–H and O–H groups in total. The highest BCUT2D eigenvalue weighted by atomic mass is 79.9. The van der Waals surface area contributed by atoms with Gasteiger partial charge >= 0.3 is 0 Å². The zero-order valence-electron chi connectivity index (χ0n) is 10.2. The molecule has 0 fully saturated rings. The number of hydrogen-bond acceptors (Lipinski definition) is 3. The zero-order chi connectivity index (χ0) is 13.8. The van der Waals surface area contributed by atoms with Crippen molar-refractivity contribution in [3.8, 4) is 0 Å². The second-order valence-electron chi connectivity index (χ2n) is 4.17. The number of halogens is 2. The first-order valence-electron chi connectivity index (χ1n) is 5.98. The second-order valence-corrected chi connectivity index (χ2v) is 5.94. The molecule has 6 heteroatoms. The number of nitrogens with one attached hydrogen (secondary N) is 1. The van der Waals surface area contributed by atoms with E-state index >= 15 is 0 Å². The number of unbranched alkanes of at least 4 members (excludes halogenated alkanes) is 1. The average molecular weight is 390 g/mol. The van der Waals surface area contributed by atoms with Gasteiger partial charge in [0.2, 0.25) is 0 Å². The topological polar surface area (TPSA) is 68.3 Å². The predicted octanol–water partition coefficient (Wildman–Crippen LogP) is 3.43. The van der Waals surface area contributed by atoms with Crippen LogP contribution in [0.5, 0.6) is 0 Å². The summed E-state index contributed by atoms with van der Waals surface area (Å²) in [6, 6.07) is 5.53. The van der Waals surface area contributed by atoms with Crippen LogP contribution in [0.2, 0.25) is 0 Å². The molecule has 0 bridgehead atoms. The molecular formula is C13H14Br2N2O2. The minimum atomic E-state index is -0.198. The van der Waals surface area contributed by atoms with Gasteiger partial charge in [-0.3, -0.25) is 4.79 Å². The first-order valence-corrected chi connectivity index (χ1v) is 7.57. The average Bonchev–Trinajstić information content (AvgIpc) is 2.78. The highest BCUT2D eigenvalue weighted by molar-refractivity contribution is 9.11. The molecule has 0 aliphatic heterocycles. The van der Waals surface area contributed by atoms with Gasteiger partial charge in [-0.2, -0.15) is 0 Å². The first-order chi connectivity index (χ1) is 9.11. The molecule has 0 spiro atoms. The van der Waals surface area contributed by atoms with E-state index < -0.39 is 0 Å². The van der Waals surface area contributed by atoms with E-state index in [4.69, 9.17) is 10.2 Å². The van der Waals surface area contributed by atoms with Crippen molar-refractivity contribution in [2.24, 2.45) is 5.73 Å². The maximum Gasteiger partial charge on any atom is 0.287 e. The number of fused-ring (bicyclic) bond motifs is 1. The molecule has 4 nitrogen and oxygen atoms in total. The highest BCUT2D eigenvalue weighted by Crippen LogP contribution is 2.30. The van der Waals surface area contributed by atoms with Gasteiger partial charge in [0.05, 0.1) is 4.47 Å². The number of carbonyl (C=O) groups is 1. The van der Waals surface area contributed by atoms with Crippen LogP contribution >= 0.6 is 31.9 Å². The maximum atomic E-state index is 11.9. The van der Waals surface area contributed by atoms with Crippen molar-refractivity contribution in [1.29, 1.82) is 0 Å². The quantitative estimate of drug-likeness (QED) is 0.769. The van der Waals surface area contributed by atoms with Crippen LogP contribution in [0.1, 0.15) is 23.4 Å². The maximum absolute atomic E-state index is 11.9. The molecule has 1 heterocycles. The Morgan fingerprint density at radius 3 is 2.79 bits per heavy atom. The van der Waals surface area contributed by atoms with Gasteiger partial charge in [0.25, 0.3) is 5.91 Å². The van der Waals surface area contributed by atoms with Crippen LogP contribution in [0, 0.1) is 0 Å². The van der Waals surface area contributed by atoms with Gasteiger partial charge in [-0.25, -0.2) is 0 Å². The lowest BCUT2D eigenvalue weighted by Crippen LogP contribution is -2.24. The summed E-state index contributed by atoms with van der Waals surface area (Å²) in [7, 11) is 0. The molecule has 2 aromatic rings. The Morgan fingerprint density at radius 1 is 1.26 bits per heavy atom. The summed E-state index contributed by atoms with van der Waals surface area (Å²) in [5.41, 5.74) is 6.07. The third kappa shape index (κ3) is 3.58. The Hall–Kier alpha value is -0.850. The lowest BCUT2D eigenvalue weighted by atomic mass is 10.2. The molecular weight excluding hydrogens is 376 g/mol. The SMILES string of the molecule is NCCCCNC(=O)c1cc2cc(Br)cc(Br)c2o1. The van der Waals surface area contributed by atoms with E-state index in [-0.39, 0.29) is 5.91 Å². The fraction of sp³-hybridized carbons (Fsp3) is 0.308. The minimum absolute atomic E-state index is 0.198. The number of amides is 1. The molecule has 0 unspecified atom stereocenters. The lowest BCUT2D eigenvalue weighted by molar-refractivity contribution is 0.0927. The van der Waals surface area contributed by atoms with Crippen LogP contribution in [-0.4, -0.2) is 19.0 Å². The van der Waals surface area contributed by atoms with E-state index in [1.807, 2.05) is 12.1 Å². The Bertz CT molecular complexity index is 596. The van der Waals surface area contributed by atoms with Crippen molar-refractivity contribution in [2.75, 3.05) is 13.1 Å². The highest BCUT2D eigenvalue weighted by Gasteiger charge is 2.13. The van der Waals surface area contributed by atoms with E-state index in [0.29, 0.717) is 24.4 Å². The monoisotopic (exact) mass is 388 g/mol. The van der Waals surface area contributed by atoms with Crippen molar-refractivity contribution < 1.29 is 9.21 Å². The van der Waals surface area contributed by atoms with Crippen LogP contribution in [0.15, 0.2) is 31.6 Å². The Kier molecular flexibility index (Phi) is 5.01. The normalized spacial score (nSPS) is 10.9. The van der Waals surface area contributed by atoms with Crippen LogP contribution in [0.4, 0.5) is 0 Å². The number of furan rings is 1. The molecule has 0 saturated carbocycles. The van der Waals surface area contributed by atoms with E-state index in [0.717, 1.165) is 27.2 Å². The van der Waals surface area contributed by atoms with Gasteiger partial charge in [0, 0.05) is 16.4 Å². The molecule has 1 aromatic carbocycles. The molecule has 0 aliphatic rings. The molecule has 0 saturated heterocycles. The molecule has 1 amide bonds. The van der Waals surface area contributed by atoms with Crippen molar-refractivity contribution in [3.63, 3.8) is 0 Å². The summed E-state index contributed by atoms with van der Waals surface area (Å²) in [5, 5.41) is 3.70. The standard InChI is InChI=1S/C13H14Br2N2O2/c14-9-5-8-6-11(19-12(8)10(15)7-9)13(18)17-4-2-1-3-16/h5-7H,1-4,16H2,(H,17,18). The smallest absolute Gasteiger partial charge is 0.287 e. The summed E-state index contributed by atoms with van der Waals surface area (Å²) in [6.45, 7) is 1.25. The van der Waals surface area contributed by atoms with E-state index in [9.17, 15) is 4.79 Å². The van der Waals surface area contributed by atoms with Gasteiger partial charge in [-0.05, 0) is 53.5 Å². The van der Waals surface area contributed by atoms with Crippen molar-refractivity contribution in [3.05, 3.63) is 32.9 Å².